The molecule has 0 saturated carbocycles. The molecular formula is C16H18O6. The third-order valence-corrected chi connectivity index (χ3v) is 3.52. The Labute approximate surface area is 128 Å². The SMILES string of the molecule is CC1(C)OC[C@@H]([C@H]2OC(=O)C(OCc3ccccc3)=C2O)O1. The van der Waals surface area contributed by atoms with Crippen LogP contribution in [0.5, 0.6) is 0 Å². The van der Waals surface area contributed by atoms with Gasteiger partial charge < -0.3 is 24.1 Å². The molecule has 118 valence electrons. The molecule has 1 aromatic carbocycles. The van der Waals surface area contributed by atoms with Gasteiger partial charge in [0.1, 0.15) is 12.7 Å². The predicted octanol–water partition coefficient (Wildman–Crippen LogP) is 2.05. The molecule has 3 rings (SSSR count). The van der Waals surface area contributed by atoms with Gasteiger partial charge in [0.05, 0.1) is 6.61 Å². The van der Waals surface area contributed by atoms with Crippen LogP contribution in [0.2, 0.25) is 0 Å². The van der Waals surface area contributed by atoms with Crippen LogP contribution in [0.25, 0.3) is 0 Å². The lowest BCUT2D eigenvalue weighted by molar-refractivity contribution is -0.163. The molecule has 0 bridgehead atoms. The fourth-order valence-corrected chi connectivity index (χ4v) is 2.44. The second kappa shape index (κ2) is 5.62. The Balaban J connectivity index is 1.69. The lowest BCUT2D eigenvalue weighted by atomic mass is 10.2. The van der Waals surface area contributed by atoms with Crippen molar-refractivity contribution in [1.82, 2.24) is 0 Å². The van der Waals surface area contributed by atoms with E-state index in [2.05, 4.69) is 0 Å². The lowest BCUT2D eigenvalue weighted by Crippen LogP contribution is -2.32. The van der Waals surface area contributed by atoms with E-state index in [4.69, 9.17) is 18.9 Å². The van der Waals surface area contributed by atoms with Crippen molar-refractivity contribution in [1.29, 1.82) is 0 Å². The number of aliphatic hydroxyl groups excluding tert-OH is 1. The van der Waals surface area contributed by atoms with Crippen molar-refractivity contribution in [3.63, 3.8) is 0 Å². The van der Waals surface area contributed by atoms with Gasteiger partial charge in [-0.25, -0.2) is 4.79 Å². The van der Waals surface area contributed by atoms with Gasteiger partial charge in [-0.05, 0) is 19.4 Å². The van der Waals surface area contributed by atoms with Crippen molar-refractivity contribution in [2.45, 2.75) is 38.4 Å². The summed E-state index contributed by atoms with van der Waals surface area (Å²) < 4.78 is 21.6. The summed E-state index contributed by atoms with van der Waals surface area (Å²) in [6.45, 7) is 3.94. The third kappa shape index (κ3) is 2.93. The molecule has 1 fully saturated rings. The van der Waals surface area contributed by atoms with E-state index in [0.717, 1.165) is 5.56 Å². The zero-order valence-electron chi connectivity index (χ0n) is 12.4. The predicted molar refractivity (Wildman–Crippen MR) is 75.7 cm³/mol. The zero-order chi connectivity index (χ0) is 15.7. The monoisotopic (exact) mass is 306 g/mol. The van der Waals surface area contributed by atoms with Gasteiger partial charge in [-0.1, -0.05) is 30.3 Å². The Hall–Kier alpha value is -2.05. The molecule has 2 heterocycles. The molecule has 22 heavy (non-hydrogen) atoms. The molecule has 6 heteroatoms. The average molecular weight is 306 g/mol. The summed E-state index contributed by atoms with van der Waals surface area (Å²) in [5.74, 6) is -1.86. The van der Waals surface area contributed by atoms with Crippen LogP contribution >= 0.6 is 0 Å². The van der Waals surface area contributed by atoms with Crippen molar-refractivity contribution in [3.05, 3.63) is 47.4 Å². The quantitative estimate of drug-likeness (QED) is 0.858. The van der Waals surface area contributed by atoms with Crippen molar-refractivity contribution >= 4 is 5.97 Å². The van der Waals surface area contributed by atoms with E-state index in [0.29, 0.717) is 0 Å². The highest BCUT2D eigenvalue weighted by atomic mass is 16.8. The van der Waals surface area contributed by atoms with Gasteiger partial charge in [0.2, 0.25) is 5.76 Å². The third-order valence-electron chi connectivity index (χ3n) is 3.52. The molecule has 2 aliphatic heterocycles. The van der Waals surface area contributed by atoms with Crippen molar-refractivity contribution in [2.24, 2.45) is 0 Å². The number of carbonyl (C=O) groups excluding carboxylic acids is 1. The van der Waals surface area contributed by atoms with Crippen LogP contribution in [0.15, 0.2) is 41.9 Å². The molecule has 2 atom stereocenters. The van der Waals surface area contributed by atoms with Crippen LogP contribution in [-0.2, 0) is 30.3 Å². The lowest BCUT2D eigenvalue weighted by Gasteiger charge is -2.19. The molecule has 2 aliphatic rings. The Kier molecular flexibility index (Phi) is 3.80. The maximum Gasteiger partial charge on any atom is 0.378 e. The van der Waals surface area contributed by atoms with Crippen LogP contribution in [0.3, 0.4) is 0 Å². The average Bonchev–Trinajstić information content (AvgIpc) is 2.98. The normalized spacial score (nSPS) is 27.1. The first-order chi connectivity index (χ1) is 10.5. The van der Waals surface area contributed by atoms with Crippen molar-refractivity contribution in [3.8, 4) is 0 Å². The molecule has 0 spiro atoms. The minimum atomic E-state index is -0.889. The summed E-state index contributed by atoms with van der Waals surface area (Å²) in [5, 5.41) is 10.2. The van der Waals surface area contributed by atoms with Gasteiger partial charge in [-0.2, -0.15) is 0 Å². The minimum absolute atomic E-state index is 0.165. The van der Waals surface area contributed by atoms with Gasteiger partial charge >= 0.3 is 5.97 Å². The first-order valence-electron chi connectivity index (χ1n) is 7.09. The van der Waals surface area contributed by atoms with E-state index in [-0.39, 0.29) is 24.7 Å². The number of carbonyl (C=O) groups is 1. The van der Waals surface area contributed by atoms with Crippen LogP contribution in [0.1, 0.15) is 19.4 Å². The second-order valence-corrected chi connectivity index (χ2v) is 5.68. The fourth-order valence-electron chi connectivity index (χ4n) is 2.44. The van der Waals surface area contributed by atoms with E-state index in [1.165, 1.54) is 0 Å². The maximum atomic E-state index is 11.9. The van der Waals surface area contributed by atoms with E-state index < -0.39 is 24.0 Å². The molecule has 0 aromatic heterocycles. The van der Waals surface area contributed by atoms with E-state index >= 15 is 0 Å². The molecular weight excluding hydrogens is 288 g/mol. The smallest absolute Gasteiger partial charge is 0.378 e. The number of aliphatic hydroxyl groups is 1. The van der Waals surface area contributed by atoms with Crippen molar-refractivity contribution < 1.29 is 28.8 Å². The summed E-state index contributed by atoms with van der Waals surface area (Å²) in [7, 11) is 0. The molecule has 6 nitrogen and oxygen atoms in total. The molecule has 0 radical (unpaired) electrons. The van der Waals surface area contributed by atoms with E-state index in [1.54, 1.807) is 13.8 Å². The Bertz CT molecular complexity index is 592. The van der Waals surface area contributed by atoms with Crippen LogP contribution in [-0.4, -0.2) is 35.7 Å². The largest absolute Gasteiger partial charge is 0.505 e. The molecule has 1 saturated heterocycles. The number of hydrogen-bond donors (Lipinski definition) is 1. The maximum absolute atomic E-state index is 11.9. The van der Waals surface area contributed by atoms with Gasteiger partial charge in [0.25, 0.3) is 0 Å². The van der Waals surface area contributed by atoms with Crippen molar-refractivity contribution in [2.75, 3.05) is 6.61 Å². The van der Waals surface area contributed by atoms with Crippen LogP contribution < -0.4 is 0 Å². The highest BCUT2D eigenvalue weighted by Crippen LogP contribution is 2.32. The summed E-state index contributed by atoms with van der Waals surface area (Å²) in [4.78, 5) is 11.9. The number of cyclic esters (lactones) is 1. The number of benzene rings is 1. The van der Waals surface area contributed by atoms with Gasteiger partial charge in [0.15, 0.2) is 17.7 Å². The Morgan fingerprint density at radius 2 is 2.05 bits per heavy atom. The molecule has 0 unspecified atom stereocenters. The highest BCUT2D eigenvalue weighted by molar-refractivity contribution is 5.89. The first kappa shape index (κ1) is 14.9. The second-order valence-electron chi connectivity index (χ2n) is 5.68. The van der Waals surface area contributed by atoms with Crippen LogP contribution in [0.4, 0.5) is 0 Å². The van der Waals surface area contributed by atoms with E-state index in [1.807, 2.05) is 30.3 Å². The Morgan fingerprint density at radius 3 is 2.68 bits per heavy atom. The molecule has 1 aromatic rings. The fraction of sp³-hybridized carbons (Fsp3) is 0.438. The number of hydrogen-bond acceptors (Lipinski definition) is 6. The summed E-state index contributed by atoms with van der Waals surface area (Å²) in [6, 6.07) is 9.36. The zero-order valence-corrected chi connectivity index (χ0v) is 12.4. The summed E-state index contributed by atoms with van der Waals surface area (Å²) in [5.41, 5.74) is 0.889. The standard InChI is InChI=1S/C16H18O6/c1-16(2)20-9-11(22-16)13-12(17)14(15(18)21-13)19-8-10-6-4-3-5-7-10/h3-7,11,13,17H,8-9H2,1-2H3/t11-,13+/m0/s1. The molecule has 0 aliphatic carbocycles. The van der Waals surface area contributed by atoms with Gasteiger partial charge in [-0.15, -0.1) is 0 Å². The minimum Gasteiger partial charge on any atom is -0.505 e. The Morgan fingerprint density at radius 1 is 1.32 bits per heavy atom. The highest BCUT2D eigenvalue weighted by Gasteiger charge is 2.47. The molecule has 0 amide bonds. The summed E-state index contributed by atoms with van der Waals surface area (Å²) >= 11 is 0. The first-order valence-corrected chi connectivity index (χ1v) is 7.09. The summed E-state index contributed by atoms with van der Waals surface area (Å²) in [6.07, 6.45) is -1.43. The number of rotatable bonds is 4. The van der Waals surface area contributed by atoms with Crippen LogP contribution in [0, 0.1) is 0 Å². The number of ether oxygens (including phenoxy) is 4. The van der Waals surface area contributed by atoms with Gasteiger partial charge in [0, 0.05) is 0 Å². The molecule has 1 N–H and O–H groups in total. The topological polar surface area (TPSA) is 74.2 Å². The van der Waals surface area contributed by atoms with E-state index in [9.17, 15) is 9.90 Å². The van der Waals surface area contributed by atoms with Gasteiger partial charge in [-0.3, -0.25) is 0 Å². The number of esters is 1.